The van der Waals surface area contributed by atoms with Crippen molar-refractivity contribution in [3.8, 4) is 0 Å². The van der Waals surface area contributed by atoms with Crippen LogP contribution in [0.1, 0.15) is 27.2 Å². The first-order valence-electron chi connectivity index (χ1n) is 4.72. The summed E-state index contributed by atoms with van der Waals surface area (Å²) in [4.78, 5) is 11.2. The molecule has 0 unspecified atom stereocenters. The second-order valence-electron chi connectivity index (χ2n) is 4.09. The van der Waals surface area contributed by atoms with Gasteiger partial charge < -0.3 is 21.0 Å². The molecule has 0 rings (SSSR count). The van der Waals surface area contributed by atoms with Gasteiger partial charge in [-0.25, -0.2) is 0 Å². The lowest BCUT2D eigenvalue weighted by molar-refractivity contribution is -0.130. The molecule has 0 atom stereocenters. The number of oxime groups is 1. The zero-order chi connectivity index (χ0) is 11.9. The van der Waals surface area contributed by atoms with Gasteiger partial charge in [0.2, 0.25) is 5.91 Å². The number of amidine groups is 1. The normalized spacial score (nSPS) is 12.6. The van der Waals surface area contributed by atoms with Gasteiger partial charge in [0.1, 0.15) is 12.4 Å². The minimum Gasteiger partial charge on any atom is -0.409 e. The molecule has 0 aliphatic rings. The predicted molar refractivity (Wildman–Crippen MR) is 56.7 cm³/mol. The van der Waals surface area contributed by atoms with E-state index in [4.69, 9.17) is 15.7 Å². The van der Waals surface area contributed by atoms with Gasteiger partial charge >= 0.3 is 0 Å². The molecule has 0 aromatic heterocycles. The molecule has 88 valence electrons. The molecule has 0 aliphatic heterocycles. The summed E-state index contributed by atoms with van der Waals surface area (Å²) < 4.78 is 5.25. The molecule has 0 aliphatic carbocycles. The van der Waals surface area contributed by atoms with E-state index in [-0.39, 0.29) is 24.0 Å². The van der Waals surface area contributed by atoms with Gasteiger partial charge in [0.15, 0.2) is 0 Å². The minimum absolute atomic E-state index is 0.0136. The summed E-state index contributed by atoms with van der Waals surface area (Å²) in [6, 6.07) is 0. The third-order valence-corrected chi connectivity index (χ3v) is 1.47. The van der Waals surface area contributed by atoms with E-state index in [1.165, 1.54) is 0 Å². The van der Waals surface area contributed by atoms with Crippen molar-refractivity contribution < 1.29 is 14.7 Å². The maximum Gasteiger partial charge on any atom is 0.246 e. The van der Waals surface area contributed by atoms with Crippen molar-refractivity contribution >= 4 is 11.7 Å². The number of amides is 1. The number of nitrogens with one attached hydrogen (secondary N) is 1. The van der Waals surface area contributed by atoms with Gasteiger partial charge in [-0.3, -0.25) is 4.79 Å². The van der Waals surface area contributed by atoms with Crippen molar-refractivity contribution in [1.29, 1.82) is 0 Å². The van der Waals surface area contributed by atoms with Crippen LogP contribution in [0, 0.1) is 0 Å². The number of hydrogen-bond donors (Lipinski definition) is 3. The standard InChI is InChI=1S/C9H19N3O3/c1-9(2,3)15-6-8(13)11-5-4-7(10)12-14/h14H,4-6H2,1-3H3,(H2,10,12)(H,11,13). The molecule has 15 heavy (non-hydrogen) atoms. The first-order chi connectivity index (χ1) is 6.85. The van der Waals surface area contributed by atoms with Crippen LogP contribution < -0.4 is 11.1 Å². The van der Waals surface area contributed by atoms with Gasteiger partial charge in [-0.2, -0.15) is 0 Å². The number of rotatable bonds is 5. The molecule has 0 fully saturated rings. The van der Waals surface area contributed by atoms with Crippen molar-refractivity contribution in [2.24, 2.45) is 10.9 Å². The van der Waals surface area contributed by atoms with Gasteiger partial charge in [0.25, 0.3) is 0 Å². The van der Waals surface area contributed by atoms with Gasteiger partial charge in [-0.15, -0.1) is 0 Å². The van der Waals surface area contributed by atoms with E-state index < -0.39 is 0 Å². The summed E-state index contributed by atoms with van der Waals surface area (Å²) in [5.41, 5.74) is 4.89. The fourth-order valence-electron chi connectivity index (χ4n) is 0.713. The molecule has 0 spiro atoms. The Morgan fingerprint density at radius 2 is 2.13 bits per heavy atom. The van der Waals surface area contributed by atoms with E-state index in [1.807, 2.05) is 20.8 Å². The molecule has 0 radical (unpaired) electrons. The molecule has 0 bridgehead atoms. The fraction of sp³-hybridized carbons (Fsp3) is 0.778. The number of nitrogens with two attached hydrogens (primary N) is 1. The Morgan fingerprint density at radius 1 is 1.53 bits per heavy atom. The molecule has 1 amide bonds. The largest absolute Gasteiger partial charge is 0.409 e. The maximum atomic E-state index is 11.2. The Kier molecular flexibility index (Phi) is 5.69. The van der Waals surface area contributed by atoms with E-state index in [1.54, 1.807) is 0 Å². The van der Waals surface area contributed by atoms with E-state index >= 15 is 0 Å². The van der Waals surface area contributed by atoms with Crippen LogP contribution >= 0.6 is 0 Å². The van der Waals surface area contributed by atoms with Crippen LogP contribution in [0.25, 0.3) is 0 Å². The third-order valence-electron chi connectivity index (χ3n) is 1.47. The van der Waals surface area contributed by atoms with E-state index in [0.717, 1.165) is 0 Å². The van der Waals surface area contributed by atoms with Crippen LogP contribution in [-0.4, -0.2) is 35.7 Å². The second-order valence-corrected chi connectivity index (χ2v) is 4.09. The highest BCUT2D eigenvalue weighted by Gasteiger charge is 2.12. The Labute approximate surface area is 89.5 Å². The average molecular weight is 217 g/mol. The third kappa shape index (κ3) is 9.01. The van der Waals surface area contributed by atoms with Crippen LogP contribution in [0.3, 0.4) is 0 Å². The van der Waals surface area contributed by atoms with E-state index in [9.17, 15) is 4.79 Å². The molecule has 0 heterocycles. The number of carbonyl (C=O) groups excluding carboxylic acids is 1. The van der Waals surface area contributed by atoms with E-state index in [2.05, 4.69) is 10.5 Å². The molecule has 6 nitrogen and oxygen atoms in total. The quantitative estimate of drug-likeness (QED) is 0.262. The molecule has 0 saturated carbocycles. The number of carbonyl (C=O) groups is 1. The molecular weight excluding hydrogens is 198 g/mol. The zero-order valence-corrected chi connectivity index (χ0v) is 9.41. The van der Waals surface area contributed by atoms with Crippen LogP contribution in [0.15, 0.2) is 5.16 Å². The van der Waals surface area contributed by atoms with Gasteiger partial charge in [0.05, 0.1) is 5.60 Å². The summed E-state index contributed by atoms with van der Waals surface area (Å²) >= 11 is 0. The summed E-state index contributed by atoms with van der Waals surface area (Å²) in [7, 11) is 0. The summed E-state index contributed by atoms with van der Waals surface area (Å²) in [5.74, 6) is -0.122. The average Bonchev–Trinajstić information content (AvgIpc) is 2.13. The summed E-state index contributed by atoms with van der Waals surface area (Å²) in [6.45, 7) is 5.96. The smallest absolute Gasteiger partial charge is 0.246 e. The Balaban J connectivity index is 3.59. The molecule has 4 N–H and O–H groups in total. The summed E-state index contributed by atoms with van der Waals surface area (Å²) in [5, 5.41) is 13.6. The van der Waals surface area contributed by atoms with Crippen molar-refractivity contribution in [3.05, 3.63) is 0 Å². The molecule has 0 aromatic rings. The zero-order valence-electron chi connectivity index (χ0n) is 9.41. The first-order valence-corrected chi connectivity index (χ1v) is 4.72. The monoisotopic (exact) mass is 217 g/mol. The molecule has 0 saturated heterocycles. The Bertz CT molecular complexity index is 233. The first kappa shape index (κ1) is 13.7. The lowest BCUT2D eigenvalue weighted by atomic mass is 10.2. The molecule has 6 heteroatoms. The topological polar surface area (TPSA) is 96.9 Å². The SMILES string of the molecule is CC(C)(C)OCC(=O)NCCC(N)=NO. The van der Waals surface area contributed by atoms with Crippen molar-refractivity contribution in [2.75, 3.05) is 13.2 Å². The number of ether oxygens (including phenoxy) is 1. The lowest BCUT2D eigenvalue weighted by Gasteiger charge is -2.18. The maximum absolute atomic E-state index is 11.2. The van der Waals surface area contributed by atoms with Gasteiger partial charge in [-0.1, -0.05) is 5.16 Å². The van der Waals surface area contributed by atoms with Crippen molar-refractivity contribution in [2.45, 2.75) is 32.8 Å². The number of nitrogens with zero attached hydrogens (tertiary/aromatic N) is 1. The number of hydrogen-bond acceptors (Lipinski definition) is 4. The van der Waals surface area contributed by atoms with Crippen LogP contribution in [0.2, 0.25) is 0 Å². The summed E-state index contributed by atoms with van der Waals surface area (Å²) in [6.07, 6.45) is 0.317. The van der Waals surface area contributed by atoms with Crippen molar-refractivity contribution in [3.63, 3.8) is 0 Å². The predicted octanol–water partition coefficient (Wildman–Crippen LogP) is 0.0542. The van der Waals surface area contributed by atoms with E-state index in [0.29, 0.717) is 13.0 Å². The highest BCUT2D eigenvalue weighted by atomic mass is 16.5. The minimum atomic E-state index is -0.330. The lowest BCUT2D eigenvalue weighted by Crippen LogP contribution is -2.34. The van der Waals surface area contributed by atoms with Crippen LogP contribution in [0.5, 0.6) is 0 Å². The Morgan fingerprint density at radius 3 is 2.60 bits per heavy atom. The molecule has 0 aromatic carbocycles. The molecular formula is C9H19N3O3. The van der Waals surface area contributed by atoms with Gasteiger partial charge in [0, 0.05) is 13.0 Å². The van der Waals surface area contributed by atoms with Crippen LogP contribution in [-0.2, 0) is 9.53 Å². The van der Waals surface area contributed by atoms with Gasteiger partial charge in [-0.05, 0) is 20.8 Å². The fourth-order valence-corrected chi connectivity index (χ4v) is 0.713. The Hall–Kier alpha value is -1.30. The van der Waals surface area contributed by atoms with Crippen LogP contribution in [0.4, 0.5) is 0 Å². The second kappa shape index (κ2) is 6.23. The van der Waals surface area contributed by atoms with Crippen molar-refractivity contribution in [1.82, 2.24) is 5.32 Å². The highest BCUT2D eigenvalue weighted by molar-refractivity contribution is 5.81. The highest BCUT2D eigenvalue weighted by Crippen LogP contribution is 2.05.